The van der Waals surface area contributed by atoms with Gasteiger partial charge in [0.15, 0.2) is 0 Å². The van der Waals surface area contributed by atoms with Crippen LogP contribution in [0.1, 0.15) is 59.4 Å². The smallest absolute Gasteiger partial charge is 0.309 e. The lowest BCUT2D eigenvalue weighted by Crippen LogP contribution is -2.53. The van der Waals surface area contributed by atoms with Crippen LogP contribution < -0.4 is 0 Å². The molecule has 24 heavy (non-hydrogen) atoms. The van der Waals surface area contributed by atoms with Crippen molar-refractivity contribution in [2.75, 3.05) is 7.11 Å². The Balaban J connectivity index is 2.61. The number of carbonyl (C=O) groups is 1. The molecule has 1 aliphatic rings. The third-order valence-electron chi connectivity index (χ3n) is 6.42. The molecule has 1 fully saturated rings. The maximum atomic E-state index is 13.1. The van der Waals surface area contributed by atoms with Crippen molar-refractivity contribution in [3.05, 3.63) is 34.3 Å². The molecule has 2 nitrogen and oxygen atoms in total. The van der Waals surface area contributed by atoms with E-state index in [1.165, 1.54) is 5.56 Å². The lowest BCUT2D eigenvalue weighted by Gasteiger charge is -2.49. The summed E-state index contributed by atoms with van der Waals surface area (Å²) >= 11 is 3.51. The Morgan fingerprint density at radius 1 is 1.08 bits per heavy atom. The first-order chi connectivity index (χ1) is 11.2. The Morgan fingerprint density at radius 2 is 1.54 bits per heavy atom. The molecule has 1 aromatic carbocycles. The van der Waals surface area contributed by atoms with Gasteiger partial charge in [0.25, 0.3) is 0 Å². The standard InChI is InChI=1S/C20H31BrO2Si/c1-13(2)24(14(3)4,15(5)6)20(19(22)23-7)12-18(20)16-8-10-17(21)11-9-16/h8-11,13-15,18H,12H2,1-7H3/t18-,20-/m1/s1. The molecule has 0 bridgehead atoms. The highest BCUT2D eigenvalue weighted by molar-refractivity contribution is 9.10. The number of esters is 1. The Labute approximate surface area is 156 Å². The molecule has 4 heteroatoms. The molecule has 1 aromatic rings. The normalized spacial score (nSPS) is 23.9. The number of hydrogen-bond acceptors (Lipinski definition) is 2. The first-order valence-corrected chi connectivity index (χ1v) is 12.0. The number of benzene rings is 1. The van der Waals surface area contributed by atoms with E-state index in [1.807, 2.05) is 0 Å². The molecule has 0 radical (unpaired) electrons. The minimum absolute atomic E-state index is 0.0261. The second-order valence-electron chi connectivity index (χ2n) is 8.17. The highest BCUT2D eigenvalue weighted by Crippen LogP contribution is 2.77. The quantitative estimate of drug-likeness (QED) is 0.393. The monoisotopic (exact) mass is 410 g/mol. The van der Waals surface area contributed by atoms with Crippen LogP contribution in [0.25, 0.3) is 0 Å². The van der Waals surface area contributed by atoms with Crippen LogP contribution in [0.15, 0.2) is 28.7 Å². The zero-order valence-corrected chi connectivity index (χ0v) is 18.6. The summed E-state index contributed by atoms with van der Waals surface area (Å²) < 4.78 is 6.48. The van der Waals surface area contributed by atoms with Gasteiger partial charge in [0.2, 0.25) is 0 Å². The average molecular weight is 411 g/mol. The fraction of sp³-hybridized carbons (Fsp3) is 0.650. The molecule has 0 amide bonds. The summed E-state index contributed by atoms with van der Waals surface area (Å²) in [5.74, 6) is 0.329. The number of halogens is 1. The first kappa shape index (κ1) is 19.7. The van der Waals surface area contributed by atoms with E-state index in [1.54, 1.807) is 7.11 Å². The Kier molecular flexibility index (Phi) is 5.71. The van der Waals surface area contributed by atoms with Crippen molar-refractivity contribution >= 4 is 30.0 Å². The van der Waals surface area contributed by atoms with Gasteiger partial charge in [0.1, 0.15) is 0 Å². The zero-order valence-electron chi connectivity index (χ0n) is 16.0. The zero-order chi connectivity index (χ0) is 18.3. The van der Waals surface area contributed by atoms with Crippen LogP contribution >= 0.6 is 15.9 Å². The van der Waals surface area contributed by atoms with Gasteiger partial charge in [-0.15, -0.1) is 0 Å². The number of hydrogen-bond donors (Lipinski definition) is 0. The molecule has 0 unspecified atom stereocenters. The molecule has 134 valence electrons. The average Bonchev–Trinajstić information content (AvgIpc) is 3.23. The van der Waals surface area contributed by atoms with Crippen LogP contribution in [-0.4, -0.2) is 21.2 Å². The maximum Gasteiger partial charge on any atom is 0.309 e. The van der Waals surface area contributed by atoms with Gasteiger partial charge in [-0.3, -0.25) is 4.79 Å². The molecule has 2 rings (SSSR count). The van der Waals surface area contributed by atoms with Gasteiger partial charge in [-0.1, -0.05) is 69.6 Å². The van der Waals surface area contributed by atoms with E-state index in [9.17, 15) is 4.79 Å². The third-order valence-corrected chi connectivity index (χ3v) is 15.0. The Morgan fingerprint density at radius 3 is 1.92 bits per heavy atom. The van der Waals surface area contributed by atoms with Crippen LogP contribution in [0.2, 0.25) is 21.7 Å². The van der Waals surface area contributed by atoms with Crippen LogP contribution in [0.4, 0.5) is 0 Å². The topological polar surface area (TPSA) is 26.3 Å². The van der Waals surface area contributed by atoms with Crippen LogP contribution in [0.5, 0.6) is 0 Å². The van der Waals surface area contributed by atoms with Gasteiger partial charge in [-0.2, -0.15) is 0 Å². The van der Waals surface area contributed by atoms with E-state index in [4.69, 9.17) is 4.74 Å². The number of rotatable bonds is 6. The third kappa shape index (κ3) is 2.70. The van der Waals surface area contributed by atoms with Crippen molar-refractivity contribution in [3.8, 4) is 0 Å². The van der Waals surface area contributed by atoms with Crippen molar-refractivity contribution in [2.45, 2.75) is 75.5 Å². The molecule has 0 aromatic heterocycles. The number of carbonyl (C=O) groups excluding carboxylic acids is 1. The van der Waals surface area contributed by atoms with Crippen molar-refractivity contribution in [3.63, 3.8) is 0 Å². The van der Waals surface area contributed by atoms with Gasteiger partial charge in [0.05, 0.1) is 20.2 Å². The van der Waals surface area contributed by atoms with E-state index in [2.05, 4.69) is 81.7 Å². The van der Waals surface area contributed by atoms with Crippen LogP contribution in [0, 0.1) is 0 Å². The van der Waals surface area contributed by atoms with Crippen molar-refractivity contribution in [1.82, 2.24) is 0 Å². The maximum absolute atomic E-state index is 13.1. The van der Waals surface area contributed by atoms with E-state index < -0.39 is 8.07 Å². The van der Waals surface area contributed by atoms with Crippen molar-refractivity contribution in [2.24, 2.45) is 0 Å². The van der Waals surface area contributed by atoms with Gasteiger partial charge in [-0.05, 0) is 46.7 Å². The second kappa shape index (κ2) is 6.95. The van der Waals surface area contributed by atoms with Crippen molar-refractivity contribution < 1.29 is 9.53 Å². The molecule has 2 atom stereocenters. The second-order valence-corrected chi connectivity index (χ2v) is 15.3. The number of methoxy groups -OCH3 is 1. The molecule has 0 saturated heterocycles. The molecule has 0 spiro atoms. The summed E-state index contributed by atoms with van der Waals surface area (Å²) in [6, 6.07) is 8.50. The SMILES string of the molecule is COC(=O)[C@@]1([Si](C(C)C)(C(C)C)C(C)C)C[C@@H]1c1ccc(Br)cc1. The summed E-state index contributed by atoms with van der Waals surface area (Å²) in [4.78, 5) is 13.1. The van der Waals surface area contributed by atoms with Gasteiger partial charge in [0, 0.05) is 4.47 Å². The molecule has 1 aliphatic carbocycles. The fourth-order valence-corrected chi connectivity index (χ4v) is 15.1. The molecular formula is C20H31BrO2Si. The minimum Gasteiger partial charge on any atom is -0.469 e. The Hall–Kier alpha value is -0.613. The van der Waals surface area contributed by atoms with Crippen LogP contribution in [0.3, 0.4) is 0 Å². The molecule has 1 saturated carbocycles. The summed E-state index contributed by atoms with van der Waals surface area (Å²) in [6.45, 7) is 14.0. The predicted molar refractivity (Wildman–Crippen MR) is 107 cm³/mol. The van der Waals surface area contributed by atoms with Crippen molar-refractivity contribution in [1.29, 1.82) is 0 Å². The van der Waals surface area contributed by atoms with Gasteiger partial charge >= 0.3 is 5.97 Å². The lowest BCUT2D eigenvalue weighted by atomic mass is 10.1. The highest BCUT2D eigenvalue weighted by Gasteiger charge is 2.75. The largest absolute Gasteiger partial charge is 0.469 e. The highest BCUT2D eigenvalue weighted by atomic mass is 79.9. The summed E-state index contributed by atoms with van der Waals surface area (Å²) in [5.41, 5.74) is 2.90. The molecular weight excluding hydrogens is 380 g/mol. The number of ether oxygens (including phenoxy) is 1. The first-order valence-electron chi connectivity index (χ1n) is 9.00. The van der Waals surface area contributed by atoms with E-state index >= 15 is 0 Å². The van der Waals surface area contributed by atoms with Crippen LogP contribution in [-0.2, 0) is 9.53 Å². The fourth-order valence-electron chi connectivity index (χ4n) is 5.97. The summed E-state index contributed by atoms with van der Waals surface area (Å²) in [7, 11) is -0.417. The molecule has 0 heterocycles. The summed E-state index contributed by atoms with van der Waals surface area (Å²) in [6.07, 6.45) is 0.946. The van der Waals surface area contributed by atoms with Gasteiger partial charge in [-0.25, -0.2) is 0 Å². The molecule has 0 N–H and O–H groups in total. The van der Waals surface area contributed by atoms with E-state index in [0.717, 1.165) is 10.9 Å². The minimum atomic E-state index is -1.97. The predicted octanol–water partition coefficient (Wildman–Crippen LogP) is 6.53. The molecule has 0 aliphatic heterocycles. The lowest BCUT2D eigenvalue weighted by molar-refractivity contribution is -0.141. The van der Waals surface area contributed by atoms with Gasteiger partial charge < -0.3 is 4.74 Å². The Bertz CT molecular complexity index is 572. The van der Waals surface area contributed by atoms with E-state index in [-0.39, 0.29) is 11.0 Å². The summed E-state index contributed by atoms with van der Waals surface area (Å²) in [5, 5.41) is -0.286. The van der Waals surface area contributed by atoms with E-state index in [0.29, 0.717) is 22.5 Å².